The first kappa shape index (κ1) is 19.0. The quantitative estimate of drug-likeness (QED) is 0.586. The van der Waals surface area contributed by atoms with Crippen molar-refractivity contribution in [3.05, 3.63) is 76.3 Å². The molecule has 2 aromatic carbocycles. The Labute approximate surface area is 153 Å². The van der Waals surface area contributed by atoms with Crippen molar-refractivity contribution in [2.75, 3.05) is 5.32 Å². The number of nitro groups is 3. The van der Waals surface area contributed by atoms with Crippen molar-refractivity contribution in [2.24, 2.45) is 0 Å². The van der Waals surface area contributed by atoms with E-state index < -0.39 is 42.6 Å². The molecule has 0 aliphatic rings. The Morgan fingerprint density at radius 2 is 1.42 bits per heavy atom. The average molecular weight is 401 g/mol. The topological polar surface area (TPSA) is 159 Å². The van der Waals surface area contributed by atoms with Crippen LogP contribution in [0.25, 0.3) is 0 Å². The third-order valence-corrected chi connectivity index (χ3v) is 3.80. The smallest absolute Gasteiger partial charge is 0.295 e. The molecule has 0 aliphatic carbocycles. The molecule has 13 heteroatoms. The van der Waals surface area contributed by atoms with Gasteiger partial charge in [0.15, 0.2) is 5.02 Å². The molecule has 0 radical (unpaired) electrons. The number of halogens is 2. The Bertz CT molecular complexity index is 928. The van der Waals surface area contributed by atoms with Crippen LogP contribution in [0.3, 0.4) is 0 Å². The van der Waals surface area contributed by atoms with Crippen LogP contribution in [-0.4, -0.2) is 20.7 Å². The highest BCUT2D eigenvalue weighted by molar-refractivity contribution is 6.35. The minimum atomic E-state index is -0.967. The summed E-state index contributed by atoms with van der Waals surface area (Å²) in [7, 11) is 0. The summed E-state index contributed by atoms with van der Waals surface area (Å²) in [6.45, 7) is 0. The van der Waals surface area contributed by atoms with Crippen LogP contribution in [0.1, 0.15) is 10.4 Å². The van der Waals surface area contributed by atoms with Gasteiger partial charge in [0.05, 0.1) is 31.0 Å². The maximum Gasteiger partial charge on any atom is 0.295 e. The van der Waals surface area contributed by atoms with E-state index in [9.17, 15) is 35.1 Å². The summed E-state index contributed by atoms with van der Waals surface area (Å²) in [5.41, 5.74) is -2.39. The molecular weight excluding hydrogens is 395 g/mol. The van der Waals surface area contributed by atoms with Gasteiger partial charge in [-0.1, -0.05) is 23.2 Å². The van der Waals surface area contributed by atoms with E-state index in [1.165, 1.54) is 0 Å². The van der Waals surface area contributed by atoms with Crippen LogP contribution in [0.5, 0.6) is 0 Å². The molecule has 0 saturated heterocycles. The van der Waals surface area contributed by atoms with E-state index in [0.29, 0.717) is 0 Å². The lowest BCUT2D eigenvalue weighted by atomic mass is 10.1. The highest BCUT2D eigenvalue weighted by Gasteiger charge is 2.27. The van der Waals surface area contributed by atoms with Crippen LogP contribution in [-0.2, 0) is 0 Å². The first-order chi connectivity index (χ1) is 12.1. The van der Waals surface area contributed by atoms with E-state index in [1.54, 1.807) is 0 Å². The van der Waals surface area contributed by atoms with E-state index in [2.05, 4.69) is 5.32 Å². The van der Waals surface area contributed by atoms with Crippen LogP contribution >= 0.6 is 23.2 Å². The molecule has 11 nitrogen and oxygen atoms in total. The molecule has 1 N–H and O–H groups in total. The molecule has 1 amide bonds. The fraction of sp³-hybridized carbons (Fsp3) is 0. The zero-order chi connectivity index (χ0) is 19.6. The molecule has 2 rings (SSSR count). The van der Waals surface area contributed by atoms with Gasteiger partial charge in [0, 0.05) is 24.3 Å². The second kappa shape index (κ2) is 7.29. The van der Waals surface area contributed by atoms with Crippen molar-refractivity contribution in [3.63, 3.8) is 0 Å². The number of carbonyl (C=O) groups is 1. The third kappa shape index (κ3) is 3.84. The minimum absolute atomic E-state index is 0.0254. The second-order valence-electron chi connectivity index (χ2n) is 4.72. The average Bonchev–Trinajstić information content (AvgIpc) is 2.55. The van der Waals surface area contributed by atoms with Gasteiger partial charge < -0.3 is 5.32 Å². The van der Waals surface area contributed by atoms with Crippen molar-refractivity contribution in [2.45, 2.75) is 0 Å². The lowest BCUT2D eigenvalue weighted by Gasteiger charge is -2.08. The molecule has 0 unspecified atom stereocenters. The zero-order valence-corrected chi connectivity index (χ0v) is 13.9. The molecule has 26 heavy (non-hydrogen) atoms. The van der Waals surface area contributed by atoms with E-state index in [-0.39, 0.29) is 16.4 Å². The Morgan fingerprint density at radius 1 is 0.885 bits per heavy atom. The third-order valence-electron chi connectivity index (χ3n) is 3.10. The molecule has 2 aromatic rings. The van der Waals surface area contributed by atoms with E-state index in [0.717, 1.165) is 30.3 Å². The van der Waals surface area contributed by atoms with Gasteiger partial charge in [0.2, 0.25) is 0 Å². The number of carbonyl (C=O) groups excluding carboxylic acids is 1. The Hall–Kier alpha value is -3.31. The number of benzene rings is 2. The van der Waals surface area contributed by atoms with E-state index >= 15 is 0 Å². The maximum absolute atomic E-state index is 12.3. The molecule has 0 spiro atoms. The first-order valence-electron chi connectivity index (χ1n) is 6.49. The van der Waals surface area contributed by atoms with Gasteiger partial charge in [-0.25, -0.2) is 0 Å². The maximum atomic E-state index is 12.3. The predicted octanol–water partition coefficient (Wildman–Crippen LogP) is 3.97. The summed E-state index contributed by atoms with van der Waals surface area (Å²) in [5, 5.41) is 34.0. The Kier molecular flexibility index (Phi) is 5.33. The summed E-state index contributed by atoms with van der Waals surface area (Å²) >= 11 is 11.4. The van der Waals surface area contributed by atoms with Gasteiger partial charge in [0.1, 0.15) is 0 Å². The predicted molar refractivity (Wildman–Crippen MR) is 90.8 cm³/mol. The SMILES string of the molecule is O=C(Nc1ccc([N+](=O)[O-])cc1Cl)c1cc([N+](=O)[O-])c(Cl)c([N+](=O)[O-])c1. The number of non-ortho nitro benzene ring substituents is 1. The monoisotopic (exact) mass is 400 g/mol. The van der Waals surface area contributed by atoms with Crippen molar-refractivity contribution in [1.29, 1.82) is 0 Å². The number of hydrogen-bond acceptors (Lipinski definition) is 7. The summed E-state index contributed by atoms with van der Waals surface area (Å²) in [6.07, 6.45) is 0. The summed E-state index contributed by atoms with van der Waals surface area (Å²) in [4.78, 5) is 42.2. The van der Waals surface area contributed by atoms with E-state index in [1.807, 2.05) is 0 Å². The van der Waals surface area contributed by atoms with Crippen LogP contribution < -0.4 is 5.32 Å². The number of nitrogens with one attached hydrogen (secondary N) is 1. The second-order valence-corrected chi connectivity index (χ2v) is 5.50. The van der Waals surface area contributed by atoms with Gasteiger partial charge in [-0.2, -0.15) is 0 Å². The van der Waals surface area contributed by atoms with Crippen molar-refractivity contribution in [1.82, 2.24) is 0 Å². The van der Waals surface area contributed by atoms with E-state index in [4.69, 9.17) is 23.2 Å². The van der Waals surface area contributed by atoms with Crippen LogP contribution in [0.15, 0.2) is 30.3 Å². The van der Waals surface area contributed by atoms with Crippen LogP contribution in [0.2, 0.25) is 10.0 Å². The Morgan fingerprint density at radius 3 is 1.85 bits per heavy atom. The molecule has 134 valence electrons. The van der Waals surface area contributed by atoms with Crippen LogP contribution in [0.4, 0.5) is 22.7 Å². The van der Waals surface area contributed by atoms with Gasteiger partial charge in [0.25, 0.3) is 23.0 Å². The van der Waals surface area contributed by atoms with Gasteiger partial charge in [-0.3, -0.25) is 35.1 Å². The minimum Gasteiger partial charge on any atom is -0.321 e. The standard InChI is InChI=1S/C13H6Cl2N4O7/c14-8-5-7(17(21)22)1-2-9(8)16-13(20)6-3-10(18(23)24)12(15)11(4-6)19(25)26/h1-5H,(H,16,20). The Balaban J connectivity index is 2.43. The number of rotatable bonds is 5. The highest BCUT2D eigenvalue weighted by atomic mass is 35.5. The lowest BCUT2D eigenvalue weighted by Crippen LogP contribution is -2.13. The number of nitro benzene ring substituents is 3. The molecule has 0 atom stereocenters. The number of nitrogens with zero attached hydrogens (tertiary/aromatic N) is 3. The zero-order valence-electron chi connectivity index (χ0n) is 12.3. The van der Waals surface area contributed by atoms with Crippen LogP contribution in [0, 0.1) is 30.3 Å². The molecule has 0 heterocycles. The van der Waals surface area contributed by atoms with Gasteiger partial charge in [-0.15, -0.1) is 0 Å². The number of amides is 1. The summed E-state index contributed by atoms with van der Waals surface area (Å²) in [5.74, 6) is -0.955. The van der Waals surface area contributed by atoms with Gasteiger partial charge >= 0.3 is 0 Å². The largest absolute Gasteiger partial charge is 0.321 e. The normalized spacial score (nSPS) is 10.2. The molecule has 0 saturated carbocycles. The molecule has 0 aliphatic heterocycles. The summed E-state index contributed by atoms with van der Waals surface area (Å²) < 4.78 is 0. The molecule has 0 bridgehead atoms. The molecular formula is C13H6Cl2N4O7. The van der Waals surface area contributed by atoms with Gasteiger partial charge in [-0.05, 0) is 6.07 Å². The highest BCUT2D eigenvalue weighted by Crippen LogP contribution is 2.35. The molecule has 0 aromatic heterocycles. The lowest BCUT2D eigenvalue weighted by molar-refractivity contribution is -0.393. The first-order valence-corrected chi connectivity index (χ1v) is 7.25. The number of anilines is 1. The van der Waals surface area contributed by atoms with Crippen molar-refractivity contribution in [3.8, 4) is 0 Å². The fourth-order valence-corrected chi connectivity index (χ4v) is 2.37. The fourth-order valence-electron chi connectivity index (χ4n) is 1.90. The number of hydrogen-bond donors (Lipinski definition) is 1. The van der Waals surface area contributed by atoms with Crippen molar-refractivity contribution < 1.29 is 19.6 Å². The van der Waals surface area contributed by atoms with Crippen molar-refractivity contribution >= 4 is 51.9 Å². The molecule has 0 fully saturated rings. The summed E-state index contributed by atoms with van der Waals surface area (Å²) in [6, 6.07) is 4.75.